The van der Waals surface area contributed by atoms with Crippen LogP contribution in [0.2, 0.25) is 0 Å². The SMILES string of the molecule is CN(Cc1ccccc1F)c1ncccc1CCl. The lowest BCUT2D eigenvalue weighted by Crippen LogP contribution is -2.19. The molecule has 0 saturated heterocycles. The van der Waals surface area contributed by atoms with E-state index in [1.54, 1.807) is 18.3 Å². The minimum Gasteiger partial charge on any atom is -0.355 e. The van der Waals surface area contributed by atoms with E-state index in [4.69, 9.17) is 11.6 Å². The number of pyridine rings is 1. The lowest BCUT2D eigenvalue weighted by molar-refractivity contribution is 0.607. The Bertz CT molecular complexity index is 531. The number of halogens is 2. The fourth-order valence-corrected chi connectivity index (χ4v) is 2.04. The molecule has 94 valence electrons. The zero-order valence-corrected chi connectivity index (χ0v) is 10.9. The number of hydrogen-bond donors (Lipinski definition) is 0. The van der Waals surface area contributed by atoms with E-state index in [1.807, 2.05) is 30.1 Å². The average molecular weight is 265 g/mol. The topological polar surface area (TPSA) is 16.1 Å². The van der Waals surface area contributed by atoms with Gasteiger partial charge in [0, 0.05) is 30.9 Å². The van der Waals surface area contributed by atoms with Crippen LogP contribution in [0.25, 0.3) is 0 Å². The average Bonchev–Trinajstić information content (AvgIpc) is 2.41. The van der Waals surface area contributed by atoms with E-state index in [-0.39, 0.29) is 5.82 Å². The van der Waals surface area contributed by atoms with Crippen molar-refractivity contribution in [1.29, 1.82) is 0 Å². The molecule has 0 radical (unpaired) electrons. The molecule has 0 aliphatic carbocycles. The van der Waals surface area contributed by atoms with Crippen molar-refractivity contribution in [3.05, 3.63) is 59.5 Å². The summed E-state index contributed by atoms with van der Waals surface area (Å²) >= 11 is 5.87. The summed E-state index contributed by atoms with van der Waals surface area (Å²) in [4.78, 5) is 6.19. The molecule has 0 saturated carbocycles. The Morgan fingerprint density at radius 1 is 1.17 bits per heavy atom. The second-order valence-electron chi connectivity index (χ2n) is 4.07. The standard InChI is InChI=1S/C14H14ClFN2/c1-18(10-12-5-2-3-7-13(12)16)14-11(9-15)6-4-8-17-14/h2-8H,9-10H2,1H3. The summed E-state index contributed by atoms with van der Waals surface area (Å²) in [6, 6.07) is 10.5. The van der Waals surface area contributed by atoms with E-state index in [1.165, 1.54) is 6.07 Å². The maximum absolute atomic E-state index is 13.6. The first-order valence-corrected chi connectivity index (χ1v) is 6.20. The van der Waals surface area contributed by atoms with Gasteiger partial charge in [-0.2, -0.15) is 0 Å². The van der Waals surface area contributed by atoms with E-state index in [0.29, 0.717) is 18.0 Å². The van der Waals surface area contributed by atoms with Crippen LogP contribution in [0.3, 0.4) is 0 Å². The number of hydrogen-bond acceptors (Lipinski definition) is 2. The lowest BCUT2D eigenvalue weighted by Gasteiger charge is -2.20. The first-order chi connectivity index (χ1) is 8.72. The minimum atomic E-state index is -0.201. The van der Waals surface area contributed by atoms with Gasteiger partial charge in [-0.3, -0.25) is 0 Å². The van der Waals surface area contributed by atoms with Crippen molar-refractivity contribution in [3.63, 3.8) is 0 Å². The summed E-state index contributed by atoms with van der Waals surface area (Å²) in [5.41, 5.74) is 1.59. The highest BCUT2D eigenvalue weighted by Gasteiger charge is 2.10. The fraction of sp³-hybridized carbons (Fsp3) is 0.214. The summed E-state index contributed by atoms with van der Waals surface area (Å²) in [7, 11) is 1.88. The van der Waals surface area contributed by atoms with Gasteiger partial charge in [0.05, 0.1) is 5.88 Å². The fourth-order valence-electron chi connectivity index (χ4n) is 1.84. The van der Waals surface area contributed by atoms with Gasteiger partial charge in [0.15, 0.2) is 0 Å². The molecule has 18 heavy (non-hydrogen) atoms. The monoisotopic (exact) mass is 264 g/mol. The van der Waals surface area contributed by atoms with E-state index < -0.39 is 0 Å². The van der Waals surface area contributed by atoms with Crippen LogP contribution < -0.4 is 4.90 Å². The Morgan fingerprint density at radius 3 is 2.61 bits per heavy atom. The third-order valence-electron chi connectivity index (χ3n) is 2.74. The largest absolute Gasteiger partial charge is 0.355 e. The molecule has 2 nitrogen and oxygen atoms in total. The van der Waals surface area contributed by atoms with Gasteiger partial charge in [0.25, 0.3) is 0 Å². The molecule has 1 aromatic carbocycles. The van der Waals surface area contributed by atoms with Gasteiger partial charge in [0.2, 0.25) is 0 Å². The van der Waals surface area contributed by atoms with Crippen molar-refractivity contribution in [2.45, 2.75) is 12.4 Å². The van der Waals surface area contributed by atoms with E-state index in [9.17, 15) is 4.39 Å². The van der Waals surface area contributed by atoms with Gasteiger partial charge in [-0.1, -0.05) is 24.3 Å². The molecule has 1 heterocycles. The maximum Gasteiger partial charge on any atom is 0.132 e. The first kappa shape index (κ1) is 12.8. The van der Waals surface area contributed by atoms with Crippen molar-refractivity contribution >= 4 is 17.4 Å². The van der Waals surface area contributed by atoms with Crippen molar-refractivity contribution in [2.75, 3.05) is 11.9 Å². The van der Waals surface area contributed by atoms with Crippen LogP contribution in [-0.2, 0) is 12.4 Å². The van der Waals surface area contributed by atoms with Gasteiger partial charge in [-0.05, 0) is 12.1 Å². The molecular weight excluding hydrogens is 251 g/mol. The van der Waals surface area contributed by atoms with Crippen molar-refractivity contribution in [3.8, 4) is 0 Å². The molecule has 0 amide bonds. The van der Waals surface area contributed by atoms with Gasteiger partial charge in [-0.25, -0.2) is 9.37 Å². The summed E-state index contributed by atoms with van der Waals surface area (Å²) in [6.07, 6.45) is 1.71. The van der Waals surface area contributed by atoms with Crippen molar-refractivity contribution < 1.29 is 4.39 Å². The van der Waals surface area contributed by atoms with E-state index in [0.717, 1.165) is 11.4 Å². The third-order valence-corrected chi connectivity index (χ3v) is 3.03. The molecule has 0 bridgehead atoms. The Kier molecular flexibility index (Phi) is 4.15. The highest BCUT2D eigenvalue weighted by Crippen LogP contribution is 2.20. The Hall–Kier alpha value is -1.61. The zero-order valence-electron chi connectivity index (χ0n) is 10.1. The molecule has 2 rings (SSSR count). The molecule has 2 aromatic rings. The van der Waals surface area contributed by atoms with Crippen LogP contribution in [0.1, 0.15) is 11.1 Å². The Morgan fingerprint density at radius 2 is 1.89 bits per heavy atom. The molecule has 0 aliphatic rings. The number of anilines is 1. The molecule has 0 fully saturated rings. The molecule has 0 atom stereocenters. The van der Waals surface area contributed by atoms with Gasteiger partial charge < -0.3 is 4.90 Å². The van der Waals surface area contributed by atoms with E-state index in [2.05, 4.69) is 4.98 Å². The second kappa shape index (κ2) is 5.83. The molecule has 0 unspecified atom stereocenters. The quantitative estimate of drug-likeness (QED) is 0.785. The summed E-state index contributed by atoms with van der Waals surface area (Å²) in [5.74, 6) is 0.980. The smallest absolute Gasteiger partial charge is 0.132 e. The number of aromatic nitrogens is 1. The van der Waals surface area contributed by atoms with Gasteiger partial charge in [-0.15, -0.1) is 11.6 Å². The van der Waals surface area contributed by atoms with Crippen LogP contribution in [0.4, 0.5) is 10.2 Å². The van der Waals surface area contributed by atoms with Crippen LogP contribution in [0.5, 0.6) is 0 Å². The molecule has 0 aliphatic heterocycles. The van der Waals surface area contributed by atoms with Crippen LogP contribution in [-0.4, -0.2) is 12.0 Å². The summed E-state index contributed by atoms with van der Waals surface area (Å²) < 4.78 is 13.6. The first-order valence-electron chi connectivity index (χ1n) is 5.66. The normalized spacial score (nSPS) is 10.4. The van der Waals surface area contributed by atoms with Crippen molar-refractivity contribution in [2.24, 2.45) is 0 Å². The lowest BCUT2D eigenvalue weighted by atomic mass is 10.2. The Labute approximate surface area is 111 Å². The highest BCUT2D eigenvalue weighted by molar-refractivity contribution is 6.17. The van der Waals surface area contributed by atoms with Gasteiger partial charge in [0.1, 0.15) is 11.6 Å². The number of alkyl halides is 1. The predicted molar refractivity (Wildman–Crippen MR) is 72.3 cm³/mol. The Balaban J connectivity index is 2.22. The van der Waals surface area contributed by atoms with Crippen LogP contribution >= 0.6 is 11.6 Å². The summed E-state index contributed by atoms with van der Waals surface area (Å²) in [5, 5.41) is 0. The summed E-state index contributed by atoms with van der Waals surface area (Å²) in [6.45, 7) is 0.466. The molecule has 4 heteroatoms. The van der Waals surface area contributed by atoms with Crippen LogP contribution in [0, 0.1) is 5.82 Å². The number of benzene rings is 1. The molecular formula is C14H14ClFN2. The minimum absolute atomic E-state index is 0.201. The highest BCUT2D eigenvalue weighted by atomic mass is 35.5. The zero-order chi connectivity index (χ0) is 13.0. The predicted octanol–water partition coefficient (Wildman–Crippen LogP) is 3.60. The van der Waals surface area contributed by atoms with E-state index >= 15 is 0 Å². The molecule has 0 N–H and O–H groups in total. The number of nitrogens with zero attached hydrogens (tertiary/aromatic N) is 2. The number of rotatable bonds is 4. The molecule has 0 spiro atoms. The molecule has 1 aromatic heterocycles. The van der Waals surface area contributed by atoms with Crippen molar-refractivity contribution in [1.82, 2.24) is 4.98 Å². The second-order valence-corrected chi connectivity index (χ2v) is 4.33. The van der Waals surface area contributed by atoms with Crippen LogP contribution in [0.15, 0.2) is 42.6 Å². The van der Waals surface area contributed by atoms with Gasteiger partial charge >= 0.3 is 0 Å². The third kappa shape index (κ3) is 2.79. The maximum atomic E-state index is 13.6.